The molecule has 0 fully saturated rings. The summed E-state index contributed by atoms with van der Waals surface area (Å²) in [6.07, 6.45) is 0. The van der Waals surface area contributed by atoms with E-state index in [1.54, 1.807) is 30.3 Å². The van der Waals surface area contributed by atoms with Gasteiger partial charge in [0.25, 0.3) is 0 Å². The van der Waals surface area contributed by atoms with Gasteiger partial charge in [0.05, 0.1) is 18.9 Å². The van der Waals surface area contributed by atoms with E-state index >= 15 is 0 Å². The standard InChI is InChI=1S/C16H19N3O7S/c20-8-11(15(25)18-7-14(23)24)19-12(21)6-17-13(22)9-27-16(26)10-4-2-1-3-5-10/h1-5,11,20H,6-9H2,(H,17,22)(H,18,25)(H,19,21)(H,23,24)/t11-/m1/s1. The number of aliphatic carboxylic acids is 1. The Morgan fingerprint density at radius 3 is 2.22 bits per heavy atom. The second kappa shape index (κ2) is 11.6. The van der Waals surface area contributed by atoms with Gasteiger partial charge < -0.3 is 26.2 Å². The average Bonchev–Trinajstić information content (AvgIpc) is 2.67. The minimum Gasteiger partial charge on any atom is -0.480 e. The van der Waals surface area contributed by atoms with Crippen LogP contribution in [0.15, 0.2) is 30.3 Å². The molecule has 1 rings (SSSR count). The molecule has 0 unspecified atom stereocenters. The van der Waals surface area contributed by atoms with E-state index in [9.17, 15) is 24.0 Å². The molecule has 27 heavy (non-hydrogen) atoms. The van der Waals surface area contributed by atoms with Gasteiger partial charge in [-0.1, -0.05) is 42.1 Å². The zero-order chi connectivity index (χ0) is 20.2. The summed E-state index contributed by atoms with van der Waals surface area (Å²) < 4.78 is 0. The van der Waals surface area contributed by atoms with Gasteiger partial charge >= 0.3 is 5.97 Å². The number of thioether (sulfide) groups is 1. The normalized spacial score (nSPS) is 11.1. The van der Waals surface area contributed by atoms with Crippen LogP contribution in [0.4, 0.5) is 0 Å². The number of hydrogen-bond acceptors (Lipinski definition) is 7. The lowest BCUT2D eigenvalue weighted by Gasteiger charge is -2.15. The predicted octanol–water partition coefficient (Wildman–Crippen LogP) is -1.65. The van der Waals surface area contributed by atoms with Crippen LogP contribution in [0.2, 0.25) is 0 Å². The molecule has 0 aromatic heterocycles. The molecule has 0 aliphatic heterocycles. The summed E-state index contributed by atoms with van der Waals surface area (Å²) in [6, 6.07) is 7.04. The molecule has 11 heteroatoms. The van der Waals surface area contributed by atoms with Crippen molar-refractivity contribution < 1.29 is 34.2 Å². The first-order valence-corrected chi connectivity index (χ1v) is 8.70. The Morgan fingerprint density at radius 2 is 1.63 bits per heavy atom. The summed E-state index contributed by atoms with van der Waals surface area (Å²) in [7, 11) is 0. The van der Waals surface area contributed by atoms with Gasteiger partial charge in [0.1, 0.15) is 12.6 Å². The lowest BCUT2D eigenvalue weighted by Crippen LogP contribution is -2.52. The maximum Gasteiger partial charge on any atom is 0.322 e. The summed E-state index contributed by atoms with van der Waals surface area (Å²) in [4.78, 5) is 57.2. The van der Waals surface area contributed by atoms with Gasteiger partial charge in [0, 0.05) is 5.56 Å². The third kappa shape index (κ3) is 8.83. The number of aliphatic hydroxyl groups excluding tert-OH is 1. The van der Waals surface area contributed by atoms with Crippen LogP contribution in [-0.2, 0) is 19.2 Å². The van der Waals surface area contributed by atoms with Gasteiger partial charge in [-0.15, -0.1) is 0 Å². The van der Waals surface area contributed by atoms with E-state index in [4.69, 9.17) is 10.2 Å². The highest BCUT2D eigenvalue weighted by atomic mass is 32.2. The first-order chi connectivity index (χ1) is 12.8. The van der Waals surface area contributed by atoms with E-state index in [1.807, 2.05) is 5.32 Å². The zero-order valence-corrected chi connectivity index (χ0v) is 15.0. The number of rotatable bonds is 10. The molecule has 10 nitrogen and oxygen atoms in total. The highest BCUT2D eigenvalue weighted by molar-refractivity contribution is 8.14. The third-order valence-corrected chi connectivity index (χ3v) is 3.94. The monoisotopic (exact) mass is 397 g/mol. The summed E-state index contributed by atoms with van der Waals surface area (Å²) >= 11 is 0.780. The molecule has 1 atom stereocenters. The third-order valence-electron chi connectivity index (χ3n) is 3.04. The summed E-state index contributed by atoms with van der Waals surface area (Å²) in [6.45, 7) is -1.87. The molecule has 0 spiro atoms. The number of aliphatic hydroxyl groups is 1. The highest BCUT2D eigenvalue weighted by Crippen LogP contribution is 2.11. The predicted molar refractivity (Wildman–Crippen MR) is 95.9 cm³/mol. The fourth-order valence-corrected chi connectivity index (χ4v) is 2.41. The topological polar surface area (TPSA) is 162 Å². The lowest BCUT2D eigenvalue weighted by molar-refractivity contribution is -0.138. The second-order valence-electron chi connectivity index (χ2n) is 5.13. The van der Waals surface area contributed by atoms with Crippen LogP contribution in [-0.4, -0.2) is 70.5 Å². The molecule has 1 aromatic rings. The van der Waals surface area contributed by atoms with E-state index in [1.165, 1.54) is 0 Å². The van der Waals surface area contributed by atoms with Crippen molar-refractivity contribution >= 4 is 40.6 Å². The second-order valence-corrected chi connectivity index (χ2v) is 6.08. The molecule has 3 amide bonds. The van der Waals surface area contributed by atoms with E-state index in [-0.39, 0.29) is 10.9 Å². The Morgan fingerprint density at radius 1 is 0.963 bits per heavy atom. The molecule has 5 N–H and O–H groups in total. The Balaban J connectivity index is 2.33. The molecule has 0 heterocycles. The largest absolute Gasteiger partial charge is 0.480 e. The fourth-order valence-electron chi connectivity index (χ4n) is 1.74. The van der Waals surface area contributed by atoms with E-state index < -0.39 is 49.4 Å². The van der Waals surface area contributed by atoms with Crippen molar-refractivity contribution in [3.05, 3.63) is 35.9 Å². The Kier molecular flexibility index (Phi) is 9.54. The van der Waals surface area contributed by atoms with Crippen LogP contribution < -0.4 is 16.0 Å². The average molecular weight is 397 g/mol. The molecule has 0 saturated heterocycles. The van der Waals surface area contributed by atoms with Gasteiger partial charge in [0.15, 0.2) is 0 Å². The lowest BCUT2D eigenvalue weighted by atomic mass is 10.2. The number of carboxylic acid groups (broad SMARTS) is 1. The van der Waals surface area contributed by atoms with E-state index in [0.717, 1.165) is 11.8 Å². The van der Waals surface area contributed by atoms with Crippen LogP contribution in [0.25, 0.3) is 0 Å². The summed E-state index contributed by atoms with van der Waals surface area (Å²) in [5.74, 6) is -3.66. The number of carboxylic acids is 1. The molecule has 0 aliphatic carbocycles. The van der Waals surface area contributed by atoms with Crippen molar-refractivity contribution in [2.24, 2.45) is 0 Å². The first-order valence-electron chi connectivity index (χ1n) is 7.72. The van der Waals surface area contributed by atoms with E-state index in [0.29, 0.717) is 5.56 Å². The zero-order valence-electron chi connectivity index (χ0n) is 14.1. The Labute approximate surface area is 158 Å². The van der Waals surface area contributed by atoms with Crippen LogP contribution in [0, 0.1) is 0 Å². The van der Waals surface area contributed by atoms with Crippen molar-refractivity contribution in [3.8, 4) is 0 Å². The molecule has 146 valence electrons. The molecule has 0 saturated carbocycles. The van der Waals surface area contributed by atoms with Gasteiger partial charge in [-0.05, 0) is 0 Å². The van der Waals surface area contributed by atoms with Gasteiger partial charge in [-0.25, -0.2) is 0 Å². The molecule has 0 bridgehead atoms. The van der Waals surface area contributed by atoms with Gasteiger partial charge in [-0.3, -0.25) is 24.0 Å². The van der Waals surface area contributed by atoms with Crippen molar-refractivity contribution in [3.63, 3.8) is 0 Å². The van der Waals surface area contributed by atoms with Crippen molar-refractivity contribution in [1.29, 1.82) is 0 Å². The van der Waals surface area contributed by atoms with Gasteiger partial charge in [0.2, 0.25) is 22.8 Å². The van der Waals surface area contributed by atoms with Crippen molar-refractivity contribution in [1.82, 2.24) is 16.0 Å². The Hall–Kier alpha value is -2.92. The number of hydrogen-bond donors (Lipinski definition) is 5. The highest BCUT2D eigenvalue weighted by Gasteiger charge is 2.20. The maximum absolute atomic E-state index is 11.8. The van der Waals surface area contributed by atoms with Gasteiger partial charge in [-0.2, -0.15) is 0 Å². The first kappa shape index (κ1) is 22.1. The van der Waals surface area contributed by atoms with Crippen LogP contribution in [0.3, 0.4) is 0 Å². The van der Waals surface area contributed by atoms with Crippen molar-refractivity contribution in [2.75, 3.05) is 25.4 Å². The number of carbonyl (C=O) groups is 5. The maximum atomic E-state index is 11.8. The number of carbonyl (C=O) groups excluding carboxylic acids is 4. The SMILES string of the molecule is O=C(O)CNC(=O)[C@@H](CO)NC(=O)CNC(=O)CSC(=O)c1ccccc1. The molecular formula is C16H19N3O7S. The quantitative estimate of drug-likeness (QED) is 0.314. The summed E-state index contributed by atoms with van der Waals surface area (Å²) in [5.41, 5.74) is 0.450. The Bertz CT molecular complexity index is 697. The molecule has 0 radical (unpaired) electrons. The minimum atomic E-state index is -1.34. The van der Waals surface area contributed by atoms with Crippen LogP contribution in [0.5, 0.6) is 0 Å². The van der Waals surface area contributed by atoms with Crippen LogP contribution >= 0.6 is 11.8 Å². The van der Waals surface area contributed by atoms with Crippen LogP contribution in [0.1, 0.15) is 10.4 Å². The smallest absolute Gasteiger partial charge is 0.322 e. The number of nitrogens with one attached hydrogen (secondary N) is 3. The van der Waals surface area contributed by atoms with Crippen molar-refractivity contribution in [2.45, 2.75) is 6.04 Å². The number of benzene rings is 1. The molecular weight excluding hydrogens is 378 g/mol. The molecule has 1 aromatic carbocycles. The summed E-state index contributed by atoms with van der Waals surface area (Å²) in [5, 5.41) is 23.7. The minimum absolute atomic E-state index is 0.191. The van der Waals surface area contributed by atoms with E-state index in [2.05, 4.69) is 10.6 Å². The molecule has 0 aliphatic rings. The number of amides is 3. The fraction of sp³-hybridized carbons (Fsp3) is 0.312.